The first-order chi connectivity index (χ1) is 9.72. The molecule has 1 saturated heterocycles. The maximum atomic E-state index is 12.3. The molecule has 0 saturated carbocycles. The maximum Gasteiger partial charge on any atom is 0.272 e. The van der Waals surface area contributed by atoms with Gasteiger partial charge in [-0.2, -0.15) is 0 Å². The van der Waals surface area contributed by atoms with Crippen molar-refractivity contribution in [3.8, 4) is 0 Å². The van der Waals surface area contributed by atoms with Gasteiger partial charge in [0.1, 0.15) is 12.3 Å². The molecule has 0 atom stereocenters. The maximum absolute atomic E-state index is 12.3. The lowest BCUT2D eigenvalue weighted by Gasteiger charge is -2.21. The Kier molecular flexibility index (Phi) is 5.06. The summed E-state index contributed by atoms with van der Waals surface area (Å²) < 4.78 is 4.86. The molecule has 0 unspecified atom stereocenters. The van der Waals surface area contributed by atoms with Crippen molar-refractivity contribution in [3.63, 3.8) is 0 Å². The van der Waals surface area contributed by atoms with Crippen molar-refractivity contribution in [2.75, 3.05) is 39.9 Å². The number of ether oxygens (including phenoxy) is 1. The van der Waals surface area contributed by atoms with Crippen molar-refractivity contribution < 1.29 is 14.3 Å². The first kappa shape index (κ1) is 14.5. The second-order valence-electron chi connectivity index (χ2n) is 4.67. The summed E-state index contributed by atoms with van der Waals surface area (Å²) in [6, 6.07) is 5.29. The van der Waals surface area contributed by atoms with Crippen LogP contribution in [0.3, 0.4) is 0 Å². The fourth-order valence-corrected chi connectivity index (χ4v) is 2.24. The Balaban J connectivity index is 1.96. The van der Waals surface area contributed by atoms with Gasteiger partial charge in [-0.15, -0.1) is 0 Å². The van der Waals surface area contributed by atoms with Crippen molar-refractivity contribution in [2.24, 2.45) is 0 Å². The molecule has 1 aromatic rings. The molecule has 108 valence electrons. The van der Waals surface area contributed by atoms with Crippen LogP contribution in [0.15, 0.2) is 24.4 Å². The first-order valence-corrected chi connectivity index (χ1v) is 6.69. The van der Waals surface area contributed by atoms with E-state index >= 15 is 0 Å². The fourth-order valence-electron chi connectivity index (χ4n) is 2.24. The highest BCUT2D eigenvalue weighted by molar-refractivity contribution is 5.92. The zero-order chi connectivity index (χ0) is 14.4. The van der Waals surface area contributed by atoms with Gasteiger partial charge in [0, 0.05) is 39.5 Å². The van der Waals surface area contributed by atoms with E-state index in [0.29, 0.717) is 31.9 Å². The van der Waals surface area contributed by atoms with Crippen molar-refractivity contribution in [2.45, 2.75) is 6.42 Å². The summed E-state index contributed by atoms with van der Waals surface area (Å²) in [6.07, 6.45) is 2.38. The number of amides is 2. The molecule has 1 fully saturated rings. The number of rotatable bonds is 3. The van der Waals surface area contributed by atoms with Crippen molar-refractivity contribution in [1.29, 1.82) is 0 Å². The number of hydrogen-bond donors (Lipinski definition) is 0. The van der Waals surface area contributed by atoms with Gasteiger partial charge in [-0.3, -0.25) is 14.6 Å². The average Bonchev–Trinajstić information content (AvgIpc) is 2.73. The van der Waals surface area contributed by atoms with Crippen LogP contribution in [0.25, 0.3) is 0 Å². The zero-order valence-corrected chi connectivity index (χ0v) is 11.6. The van der Waals surface area contributed by atoms with Crippen LogP contribution < -0.4 is 0 Å². The number of nitrogens with zero attached hydrogens (tertiary/aromatic N) is 3. The lowest BCUT2D eigenvalue weighted by molar-refractivity contribution is -0.135. The van der Waals surface area contributed by atoms with Gasteiger partial charge in [-0.1, -0.05) is 6.07 Å². The molecule has 1 aliphatic rings. The van der Waals surface area contributed by atoms with Crippen LogP contribution in [0, 0.1) is 0 Å². The lowest BCUT2D eigenvalue weighted by Crippen LogP contribution is -2.38. The lowest BCUT2D eigenvalue weighted by atomic mass is 10.3. The summed E-state index contributed by atoms with van der Waals surface area (Å²) >= 11 is 0. The summed E-state index contributed by atoms with van der Waals surface area (Å²) in [5.74, 6) is -0.105. The Labute approximate surface area is 118 Å². The molecule has 2 rings (SSSR count). The molecule has 2 amide bonds. The van der Waals surface area contributed by atoms with Gasteiger partial charge in [0.25, 0.3) is 5.91 Å². The van der Waals surface area contributed by atoms with Gasteiger partial charge in [0.2, 0.25) is 5.91 Å². The van der Waals surface area contributed by atoms with E-state index in [0.717, 1.165) is 6.42 Å². The molecule has 0 aromatic carbocycles. The summed E-state index contributed by atoms with van der Waals surface area (Å²) in [7, 11) is 1.51. The predicted molar refractivity (Wildman–Crippen MR) is 73.2 cm³/mol. The molecule has 0 aliphatic carbocycles. The number of methoxy groups -OCH3 is 1. The smallest absolute Gasteiger partial charge is 0.272 e. The monoisotopic (exact) mass is 277 g/mol. The third kappa shape index (κ3) is 3.54. The molecule has 1 aromatic heterocycles. The van der Waals surface area contributed by atoms with E-state index in [1.54, 1.807) is 34.2 Å². The number of aromatic nitrogens is 1. The van der Waals surface area contributed by atoms with Crippen LogP contribution in [0.2, 0.25) is 0 Å². The van der Waals surface area contributed by atoms with E-state index in [-0.39, 0.29) is 18.4 Å². The summed E-state index contributed by atoms with van der Waals surface area (Å²) in [4.78, 5) is 31.6. The minimum Gasteiger partial charge on any atom is -0.375 e. The van der Waals surface area contributed by atoms with Gasteiger partial charge in [-0.25, -0.2) is 0 Å². The van der Waals surface area contributed by atoms with E-state index in [9.17, 15) is 9.59 Å². The molecule has 0 spiro atoms. The van der Waals surface area contributed by atoms with Crippen LogP contribution in [0.1, 0.15) is 16.9 Å². The molecular weight excluding hydrogens is 258 g/mol. The standard InChI is InChI=1S/C14H19N3O3/c1-20-11-13(18)16-7-4-8-17(10-9-16)14(19)12-5-2-3-6-15-12/h2-3,5-6H,4,7-11H2,1H3. The second kappa shape index (κ2) is 7.00. The summed E-state index contributed by atoms with van der Waals surface area (Å²) in [5.41, 5.74) is 0.448. The van der Waals surface area contributed by atoms with E-state index in [1.165, 1.54) is 7.11 Å². The number of pyridine rings is 1. The largest absolute Gasteiger partial charge is 0.375 e. The number of carbonyl (C=O) groups is 2. The highest BCUT2D eigenvalue weighted by Gasteiger charge is 2.23. The molecule has 0 N–H and O–H groups in total. The predicted octanol–water partition coefficient (Wildman–Crippen LogP) is 0.402. The summed E-state index contributed by atoms with van der Waals surface area (Å²) in [5, 5.41) is 0. The van der Waals surface area contributed by atoms with Gasteiger partial charge in [0.05, 0.1) is 0 Å². The molecule has 6 nitrogen and oxygen atoms in total. The SMILES string of the molecule is COCC(=O)N1CCCN(C(=O)c2ccccn2)CC1. The Hall–Kier alpha value is -1.95. The van der Waals surface area contributed by atoms with Crippen LogP contribution in [-0.4, -0.2) is 66.5 Å². The molecule has 0 radical (unpaired) electrons. The Morgan fingerprint density at radius 2 is 1.95 bits per heavy atom. The highest BCUT2D eigenvalue weighted by atomic mass is 16.5. The van der Waals surface area contributed by atoms with Crippen LogP contribution in [0.5, 0.6) is 0 Å². The molecular formula is C14H19N3O3. The zero-order valence-electron chi connectivity index (χ0n) is 11.6. The normalized spacial score (nSPS) is 15.8. The molecule has 2 heterocycles. The Morgan fingerprint density at radius 3 is 2.65 bits per heavy atom. The van der Waals surface area contributed by atoms with Crippen molar-refractivity contribution in [3.05, 3.63) is 30.1 Å². The fraction of sp³-hybridized carbons (Fsp3) is 0.500. The van der Waals surface area contributed by atoms with E-state index in [1.807, 2.05) is 0 Å². The Morgan fingerprint density at radius 1 is 1.20 bits per heavy atom. The van der Waals surface area contributed by atoms with Crippen molar-refractivity contribution in [1.82, 2.24) is 14.8 Å². The van der Waals surface area contributed by atoms with Gasteiger partial charge >= 0.3 is 0 Å². The number of carbonyl (C=O) groups excluding carboxylic acids is 2. The average molecular weight is 277 g/mol. The van der Waals surface area contributed by atoms with Crippen LogP contribution in [-0.2, 0) is 9.53 Å². The molecule has 6 heteroatoms. The van der Waals surface area contributed by atoms with E-state index < -0.39 is 0 Å². The van der Waals surface area contributed by atoms with Gasteiger partial charge in [0.15, 0.2) is 0 Å². The molecule has 0 bridgehead atoms. The molecule has 1 aliphatic heterocycles. The Bertz CT molecular complexity index is 464. The third-order valence-electron chi connectivity index (χ3n) is 3.29. The number of hydrogen-bond acceptors (Lipinski definition) is 4. The van der Waals surface area contributed by atoms with E-state index in [4.69, 9.17) is 4.74 Å². The second-order valence-corrected chi connectivity index (χ2v) is 4.67. The summed E-state index contributed by atoms with van der Waals surface area (Å²) in [6.45, 7) is 2.47. The van der Waals surface area contributed by atoms with Crippen LogP contribution >= 0.6 is 0 Å². The van der Waals surface area contributed by atoms with Gasteiger partial charge in [-0.05, 0) is 18.6 Å². The quantitative estimate of drug-likeness (QED) is 0.802. The minimum absolute atomic E-state index is 0.0281. The molecule has 20 heavy (non-hydrogen) atoms. The topological polar surface area (TPSA) is 62.7 Å². The minimum atomic E-state index is -0.0772. The van der Waals surface area contributed by atoms with Crippen molar-refractivity contribution >= 4 is 11.8 Å². The highest BCUT2D eigenvalue weighted by Crippen LogP contribution is 2.08. The first-order valence-electron chi connectivity index (χ1n) is 6.69. The third-order valence-corrected chi connectivity index (χ3v) is 3.29. The van der Waals surface area contributed by atoms with E-state index in [2.05, 4.69) is 4.98 Å². The van der Waals surface area contributed by atoms with Crippen LogP contribution in [0.4, 0.5) is 0 Å². The van der Waals surface area contributed by atoms with Gasteiger partial charge < -0.3 is 14.5 Å².